The molecule has 0 spiro atoms. The molecule has 3 aromatic rings. The monoisotopic (exact) mass is 328 g/mol. The predicted octanol–water partition coefficient (Wildman–Crippen LogP) is 5.05. The van der Waals surface area contributed by atoms with Gasteiger partial charge in [0.15, 0.2) is 0 Å². The maximum absolute atomic E-state index is 13.3. The first-order chi connectivity index (χ1) is 11.6. The van der Waals surface area contributed by atoms with Crippen LogP contribution < -0.4 is 0 Å². The summed E-state index contributed by atoms with van der Waals surface area (Å²) in [4.78, 5) is 4.48. The molecule has 1 heterocycles. The summed E-state index contributed by atoms with van der Waals surface area (Å²) in [5, 5.41) is 0. The lowest BCUT2D eigenvalue weighted by Gasteiger charge is -2.17. The Morgan fingerprint density at radius 3 is 2.04 bits per heavy atom. The van der Waals surface area contributed by atoms with Gasteiger partial charge in [-0.15, -0.1) is 0 Å². The number of aromatic nitrogens is 2. The van der Waals surface area contributed by atoms with Crippen molar-refractivity contribution in [2.75, 3.05) is 6.61 Å². The van der Waals surface area contributed by atoms with E-state index < -0.39 is 0 Å². The Bertz CT molecular complexity index is 810. The molecule has 0 amide bonds. The summed E-state index contributed by atoms with van der Waals surface area (Å²) in [6.45, 7) is 4.41. The normalized spacial score (nSPS) is 12.3. The van der Waals surface area contributed by atoms with Gasteiger partial charge in [-0.1, -0.05) is 0 Å². The summed E-state index contributed by atoms with van der Waals surface area (Å²) in [6, 6.07) is 12.4. The van der Waals surface area contributed by atoms with Crippen molar-refractivity contribution >= 4 is 0 Å². The highest BCUT2D eigenvalue weighted by Crippen LogP contribution is 2.33. The summed E-state index contributed by atoms with van der Waals surface area (Å²) in [5.74, 6) is -0.602. The Morgan fingerprint density at radius 2 is 1.50 bits per heavy atom. The topological polar surface area (TPSA) is 27.1 Å². The lowest BCUT2D eigenvalue weighted by molar-refractivity contribution is 0.0259. The van der Waals surface area contributed by atoms with Crippen molar-refractivity contribution in [3.05, 3.63) is 66.5 Å². The lowest BCUT2D eigenvalue weighted by Crippen LogP contribution is -2.09. The van der Waals surface area contributed by atoms with Crippen LogP contribution >= 0.6 is 0 Å². The van der Waals surface area contributed by atoms with Crippen LogP contribution in [0, 0.1) is 11.6 Å². The van der Waals surface area contributed by atoms with E-state index in [-0.39, 0.29) is 17.9 Å². The van der Waals surface area contributed by atoms with Gasteiger partial charge in [0, 0.05) is 17.7 Å². The minimum atomic E-state index is -0.302. The number of rotatable bonds is 5. The molecule has 3 rings (SSSR count). The summed E-state index contributed by atoms with van der Waals surface area (Å²) < 4.78 is 34.1. The molecule has 1 atom stereocenters. The van der Waals surface area contributed by atoms with Gasteiger partial charge in [-0.2, -0.15) is 0 Å². The summed E-state index contributed by atoms with van der Waals surface area (Å²) >= 11 is 0. The highest BCUT2D eigenvalue weighted by Gasteiger charge is 2.18. The maximum atomic E-state index is 13.3. The second-order valence-corrected chi connectivity index (χ2v) is 5.42. The molecule has 5 heteroatoms. The second-order valence-electron chi connectivity index (χ2n) is 5.42. The van der Waals surface area contributed by atoms with Crippen LogP contribution in [0.2, 0.25) is 0 Å². The van der Waals surface area contributed by atoms with E-state index in [0.717, 1.165) is 16.8 Å². The highest BCUT2D eigenvalue weighted by atomic mass is 19.1. The second kappa shape index (κ2) is 6.93. The van der Waals surface area contributed by atoms with E-state index in [1.54, 1.807) is 30.6 Å². The molecule has 124 valence electrons. The van der Waals surface area contributed by atoms with E-state index in [2.05, 4.69) is 4.98 Å². The first-order valence-corrected chi connectivity index (χ1v) is 7.80. The molecule has 3 nitrogen and oxygen atoms in total. The Labute approximate surface area is 139 Å². The average molecular weight is 328 g/mol. The van der Waals surface area contributed by atoms with E-state index >= 15 is 0 Å². The fourth-order valence-corrected chi connectivity index (χ4v) is 2.67. The molecule has 0 fully saturated rings. The molecule has 1 aromatic heterocycles. The summed E-state index contributed by atoms with van der Waals surface area (Å²) in [6.07, 6.45) is 1.47. The Balaban J connectivity index is 2.15. The third kappa shape index (κ3) is 3.21. The van der Waals surface area contributed by atoms with Crippen molar-refractivity contribution in [3.8, 4) is 22.5 Å². The van der Waals surface area contributed by atoms with Crippen molar-refractivity contribution in [1.29, 1.82) is 0 Å². The van der Waals surface area contributed by atoms with Gasteiger partial charge < -0.3 is 9.30 Å². The van der Waals surface area contributed by atoms with E-state index in [9.17, 15) is 8.78 Å². The van der Waals surface area contributed by atoms with Crippen molar-refractivity contribution < 1.29 is 13.5 Å². The molecule has 0 aliphatic rings. The van der Waals surface area contributed by atoms with Gasteiger partial charge in [-0.3, -0.25) is 0 Å². The molecule has 0 aliphatic heterocycles. The molecule has 2 aromatic carbocycles. The largest absolute Gasteiger partial charge is 0.359 e. The molecular formula is C19H18F2N2O. The first kappa shape index (κ1) is 16.3. The zero-order valence-electron chi connectivity index (χ0n) is 13.5. The van der Waals surface area contributed by atoms with Crippen LogP contribution in [0.3, 0.4) is 0 Å². The lowest BCUT2D eigenvalue weighted by atomic mass is 10.0. The van der Waals surface area contributed by atoms with E-state index in [1.165, 1.54) is 24.3 Å². The van der Waals surface area contributed by atoms with Gasteiger partial charge in [-0.25, -0.2) is 13.8 Å². The molecule has 0 saturated carbocycles. The third-order valence-electron chi connectivity index (χ3n) is 3.83. The zero-order chi connectivity index (χ0) is 17.1. The molecule has 24 heavy (non-hydrogen) atoms. The van der Waals surface area contributed by atoms with Crippen LogP contribution in [-0.2, 0) is 4.74 Å². The van der Waals surface area contributed by atoms with Gasteiger partial charge in [0.05, 0.1) is 17.7 Å². The van der Waals surface area contributed by atoms with Crippen LogP contribution in [-0.4, -0.2) is 16.2 Å². The van der Waals surface area contributed by atoms with Crippen LogP contribution in [0.15, 0.2) is 54.9 Å². The van der Waals surface area contributed by atoms with Crippen molar-refractivity contribution in [3.63, 3.8) is 0 Å². The van der Waals surface area contributed by atoms with Crippen molar-refractivity contribution in [1.82, 2.24) is 9.55 Å². The SMILES string of the molecule is CCOC(C)n1cnc(-c2ccc(F)cc2)c1-c1ccc(F)cc1. The number of imidazole rings is 1. The fraction of sp³-hybridized carbons (Fsp3) is 0.211. The predicted molar refractivity (Wildman–Crippen MR) is 89.4 cm³/mol. The number of ether oxygens (including phenoxy) is 1. The highest BCUT2D eigenvalue weighted by molar-refractivity contribution is 5.78. The van der Waals surface area contributed by atoms with E-state index in [1.807, 2.05) is 18.4 Å². The number of benzene rings is 2. The molecule has 0 N–H and O–H groups in total. The third-order valence-corrected chi connectivity index (χ3v) is 3.83. The van der Waals surface area contributed by atoms with Gasteiger partial charge in [0.2, 0.25) is 0 Å². The Kier molecular flexibility index (Phi) is 4.71. The minimum Gasteiger partial charge on any atom is -0.359 e. The van der Waals surface area contributed by atoms with Crippen LogP contribution in [0.25, 0.3) is 22.5 Å². The van der Waals surface area contributed by atoms with Crippen molar-refractivity contribution in [2.45, 2.75) is 20.1 Å². The Morgan fingerprint density at radius 1 is 0.958 bits per heavy atom. The smallest absolute Gasteiger partial charge is 0.132 e. The minimum absolute atomic E-state index is 0.225. The maximum Gasteiger partial charge on any atom is 0.132 e. The first-order valence-electron chi connectivity index (χ1n) is 7.80. The van der Waals surface area contributed by atoms with Crippen LogP contribution in [0.5, 0.6) is 0 Å². The van der Waals surface area contributed by atoms with Gasteiger partial charge in [-0.05, 0) is 62.4 Å². The average Bonchev–Trinajstić information content (AvgIpc) is 3.01. The fourth-order valence-electron chi connectivity index (χ4n) is 2.67. The number of nitrogens with zero attached hydrogens (tertiary/aromatic N) is 2. The van der Waals surface area contributed by atoms with Crippen LogP contribution in [0.4, 0.5) is 8.78 Å². The van der Waals surface area contributed by atoms with E-state index in [4.69, 9.17) is 4.74 Å². The molecule has 0 radical (unpaired) electrons. The number of hydrogen-bond donors (Lipinski definition) is 0. The molecule has 0 bridgehead atoms. The molecule has 1 unspecified atom stereocenters. The standard InChI is InChI=1S/C19H18F2N2O/c1-3-24-13(2)23-12-22-18(14-4-8-16(20)9-5-14)19(23)15-6-10-17(21)11-7-15/h4-13H,3H2,1-2H3. The molecule has 0 saturated heterocycles. The van der Waals surface area contributed by atoms with E-state index in [0.29, 0.717) is 12.3 Å². The quantitative estimate of drug-likeness (QED) is 0.655. The Hall–Kier alpha value is -2.53. The number of halogens is 2. The molecular weight excluding hydrogens is 310 g/mol. The number of hydrogen-bond acceptors (Lipinski definition) is 2. The summed E-state index contributed by atoms with van der Waals surface area (Å²) in [5.41, 5.74) is 3.12. The zero-order valence-corrected chi connectivity index (χ0v) is 13.5. The van der Waals surface area contributed by atoms with Gasteiger partial charge in [0.1, 0.15) is 17.9 Å². The van der Waals surface area contributed by atoms with Crippen LogP contribution in [0.1, 0.15) is 20.1 Å². The van der Waals surface area contributed by atoms with Gasteiger partial charge in [0.25, 0.3) is 0 Å². The molecule has 0 aliphatic carbocycles. The van der Waals surface area contributed by atoms with Crippen molar-refractivity contribution in [2.24, 2.45) is 0 Å². The van der Waals surface area contributed by atoms with Gasteiger partial charge >= 0.3 is 0 Å². The summed E-state index contributed by atoms with van der Waals surface area (Å²) in [7, 11) is 0.